The van der Waals surface area contributed by atoms with Gasteiger partial charge in [0.05, 0.1) is 11.1 Å². The molecule has 0 aliphatic carbocycles. The van der Waals surface area contributed by atoms with Crippen LogP contribution in [-0.2, 0) is 6.42 Å². The summed E-state index contributed by atoms with van der Waals surface area (Å²) in [4.78, 5) is 34.9. The van der Waals surface area contributed by atoms with Crippen molar-refractivity contribution in [2.45, 2.75) is 18.9 Å². The van der Waals surface area contributed by atoms with E-state index in [1.165, 1.54) is 0 Å². The summed E-state index contributed by atoms with van der Waals surface area (Å²) in [5.41, 5.74) is 11.5. The number of aryl methyl sites for hydroxylation is 1. The number of fused-ring (bicyclic) bond motifs is 1. The van der Waals surface area contributed by atoms with Gasteiger partial charge in [-0.2, -0.15) is 15.5 Å². The summed E-state index contributed by atoms with van der Waals surface area (Å²) in [6.45, 7) is 0. The Labute approximate surface area is 169 Å². The number of carbonyl (C=O) groups is 2. The van der Waals surface area contributed by atoms with Crippen LogP contribution < -0.4 is 11.5 Å². The normalized spacial score (nSPS) is 13.7. The number of benzene rings is 1. The Hall–Kier alpha value is -4.64. The molecule has 30 heavy (non-hydrogen) atoms. The summed E-state index contributed by atoms with van der Waals surface area (Å²) in [6, 6.07) is 9.00. The van der Waals surface area contributed by atoms with Crippen molar-refractivity contribution in [3.8, 4) is 12.1 Å². The van der Waals surface area contributed by atoms with Gasteiger partial charge in [0.15, 0.2) is 5.89 Å². The molecule has 0 radical (unpaired) electrons. The van der Waals surface area contributed by atoms with Gasteiger partial charge in [-0.05, 0) is 18.6 Å². The van der Waals surface area contributed by atoms with Crippen LogP contribution in [0.15, 0.2) is 33.1 Å². The fraction of sp³-hybridized carbons (Fsp3) is 0.158. The average Bonchev–Trinajstić information content (AvgIpc) is 3.38. The smallest absolute Gasteiger partial charge is 0.262 e. The number of nitriles is 2. The molecule has 0 saturated carbocycles. The van der Waals surface area contributed by atoms with Gasteiger partial charge in [0.2, 0.25) is 29.0 Å². The number of anilines is 2. The molecule has 1 aromatic carbocycles. The highest BCUT2D eigenvalue weighted by atomic mass is 16.4. The van der Waals surface area contributed by atoms with Crippen molar-refractivity contribution in [1.82, 2.24) is 14.9 Å². The lowest BCUT2D eigenvalue weighted by atomic mass is 10.1. The minimum absolute atomic E-state index is 0.0607. The number of hydrogen-bond donors (Lipinski definition) is 2. The number of aromatic nitrogens is 2. The highest BCUT2D eigenvalue weighted by molar-refractivity contribution is 6.21. The third kappa shape index (κ3) is 2.91. The van der Waals surface area contributed by atoms with Gasteiger partial charge >= 0.3 is 0 Å². The molecular weight excluding hydrogens is 390 g/mol. The lowest BCUT2D eigenvalue weighted by Gasteiger charge is -2.23. The van der Waals surface area contributed by atoms with Crippen LogP contribution in [0.3, 0.4) is 0 Å². The van der Waals surface area contributed by atoms with Crippen molar-refractivity contribution in [3.63, 3.8) is 0 Å². The molecule has 0 saturated heterocycles. The van der Waals surface area contributed by atoms with E-state index in [4.69, 9.17) is 30.8 Å². The molecule has 2 amide bonds. The first-order valence-electron chi connectivity index (χ1n) is 8.73. The van der Waals surface area contributed by atoms with E-state index in [-0.39, 0.29) is 58.9 Å². The Bertz CT molecular complexity index is 1230. The lowest BCUT2D eigenvalue weighted by Crippen LogP contribution is -2.34. The summed E-state index contributed by atoms with van der Waals surface area (Å²) in [6.07, 6.45) is 0.190. The standard InChI is InChI=1S/C19H13N7O4/c20-7-11-15(22)29-14(24-11)6-5-13(17-25-12(8-21)16(23)30-17)26-18(27)9-3-1-2-4-10(9)19(26)28/h1-4,13H,5-6,22-23H2. The molecule has 1 atom stereocenters. The number of carbonyl (C=O) groups excluding carboxylic acids is 2. The van der Waals surface area contributed by atoms with Crippen LogP contribution in [0.1, 0.15) is 56.3 Å². The number of amides is 2. The van der Waals surface area contributed by atoms with Crippen molar-refractivity contribution >= 4 is 23.6 Å². The second kappa shape index (κ2) is 7.07. The first-order valence-corrected chi connectivity index (χ1v) is 8.73. The largest absolute Gasteiger partial charge is 0.424 e. The van der Waals surface area contributed by atoms with E-state index in [1.807, 2.05) is 0 Å². The number of imide groups is 1. The average molecular weight is 403 g/mol. The summed E-state index contributed by atoms with van der Waals surface area (Å²) in [5.74, 6) is -1.33. The Balaban J connectivity index is 1.71. The van der Waals surface area contributed by atoms with Gasteiger partial charge in [-0.1, -0.05) is 12.1 Å². The Morgan fingerprint density at radius 1 is 0.967 bits per heavy atom. The molecule has 2 aromatic heterocycles. The Kier molecular flexibility index (Phi) is 4.41. The predicted molar refractivity (Wildman–Crippen MR) is 99.3 cm³/mol. The molecule has 4 N–H and O–H groups in total. The van der Waals surface area contributed by atoms with Gasteiger partial charge in [0.25, 0.3) is 11.8 Å². The molecule has 3 heterocycles. The van der Waals surface area contributed by atoms with Gasteiger partial charge < -0.3 is 20.3 Å². The third-order valence-corrected chi connectivity index (χ3v) is 4.63. The van der Waals surface area contributed by atoms with Crippen LogP contribution in [0.5, 0.6) is 0 Å². The second-order valence-electron chi connectivity index (χ2n) is 6.39. The number of nitrogens with zero attached hydrogens (tertiary/aromatic N) is 5. The second-order valence-corrected chi connectivity index (χ2v) is 6.39. The third-order valence-electron chi connectivity index (χ3n) is 4.63. The van der Waals surface area contributed by atoms with E-state index < -0.39 is 17.9 Å². The Morgan fingerprint density at radius 3 is 2.07 bits per heavy atom. The highest BCUT2D eigenvalue weighted by Gasteiger charge is 2.42. The van der Waals surface area contributed by atoms with Crippen LogP contribution in [0.2, 0.25) is 0 Å². The van der Waals surface area contributed by atoms with E-state index in [1.54, 1.807) is 36.4 Å². The summed E-state index contributed by atoms with van der Waals surface area (Å²) < 4.78 is 10.6. The van der Waals surface area contributed by atoms with E-state index in [0.717, 1.165) is 4.90 Å². The zero-order valence-corrected chi connectivity index (χ0v) is 15.3. The molecule has 4 rings (SSSR count). The van der Waals surface area contributed by atoms with Crippen LogP contribution in [0.4, 0.5) is 11.8 Å². The molecule has 148 valence electrons. The topological polar surface area (TPSA) is 189 Å². The monoisotopic (exact) mass is 403 g/mol. The van der Waals surface area contributed by atoms with Gasteiger partial charge in [0, 0.05) is 6.42 Å². The summed E-state index contributed by atoms with van der Waals surface area (Å²) in [7, 11) is 0. The Morgan fingerprint density at radius 2 is 1.53 bits per heavy atom. The van der Waals surface area contributed by atoms with Gasteiger partial charge in [-0.25, -0.2) is 4.98 Å². The predicted octanol–water partition coefficient (Wildman–Crippen LogP) is 1.54. The maximum atomic E-state index is 12.9. The molecule has 11 heteroatoms. The molecule has 0 bridgehead atoms. The van der Waals surface area contributed by atoms with E-state index in [0.29, 0.717) is 0 Å². The zero-order valence-electron chi connectivity index (χ0n) is 15.3. The van der Waals surface area contributed by atoms with Crippen molar-refractivity contribution in [2.24, 2.45) is 0 Å². The minimum Gasteiger partial charge on any atom is -0.424 e. The number of nitrogens with two attached hydrogens (primary N) is 2. The first-order chi connectivity index (χ1) is 14.4. The molecule has 11 nitrogen and oxygen atoms in total. The molecule has 0 fully saturated rings. The summed E-state index contributed by atoms with van der Waals surface area (Å²) >= 11 is 0. The van der Waals surface area contributed by atoms with Crippen molar-refractivity contribution < 1.29 is 18.4 Å². The molecule has 1 unspecified atom stereocenters. The lowest BCUT2D eigenvalue weighted by molar-refractivity contribution is 0.0547. The molecule has 1 aliphatic rings. The molecule has 1 aliphatic heterocycles. The summed E-state index contributed by atoms with van der Waals surface area (Å²) in [5, 5.41) is 18.1. The highest BCUT2D eigenvalue weighted by Crippen LogP contribution is 2.35. The number of hydrogen-bond acceptors (Lipinski definition) is 10. The molecular formula is C19H13N7O4. The minimum atomic E-state index is -0.986. The van der Waals surface area contributed by atoms with E-state index in [2.05, 4.69) is 9.97 Å². The fourth-order valence-electron chi connectivity index (χ4n) is 3.25. The number of oxazole rings is 2. The van der Waals surface area contributed by atoms with Crippen LogP contribution >= 0.6 is 0 Å². The van der Waals surface area contributed by atoms with E-state index in [9.17, 15) is 9.59 Å². The van der Waals surface area contributed by atoms with Crippen LogP contribution in [0.25, 0.3) is 0 Å². The van der Waals surface area contributed by atoms with Crippen molar-refractivity contribution in [3.05, 3.63) is 58.6 Å². The van der Waals surface area contributed by atoms with E-state index >= 15 is 0 Å². The number of nitrogen functional groups attached to an aromatic ring is 2. The van der Waals surface area contributed by atoms with Gasteiger partial charge in [0.1, 0.15) is 18.2 Å². The van der Waals surface area contributed by atoms with Crippen molar-refractivity contribution in [2.75, 3.05) is 11.5 Å². The van der Waals surface area contributed by atoms with Crippen LogP contribution in [-0.4, -0.2) is 26.7 Å². The van der Waals surface area contributed by atoms with Crippen molar-refractivity contribution in [1.29, 1.82) is 10.5 Å². The maximum Gasteiger partial charge on any atom is 0.262 e. The first kappa shape index (κ1) is 18.7. The van der Waals surface area contributed by atoms with Gasteiger partial charge in [-0.3, -0.25) is 14.5 Å². The zero-order chi connectivity index (χ0) is 21.4. The van der Waals surface area contributed by atoms with Gasteiger partial charge in [-0.15, -0.1) is 0 Å². The van der Waals surface area contributed by atoms with Crippen LogP contribution in [0, 0.1) is 22.7 Å². The molecule has 3 aromatic rings. The SMILES string of the molecule is N#Cc1nc(CCC(c2nc(C#N)c(N)o2)N2C(=O)c3ccccc3C2=O)oc1N. The fourth-order valence-corrected chi connectivity index (χ4v) is 3.25. The number of rotatable bonds is 5. The quantitative estimate of drug-likeness (QED) is 0.591. The molecule has 0 spiro atoms. The maximum absolute atomic E-state index is 12.9.